The third-order valence-corrected chi connectivity index (χ3v) is 16.1. The summed E-state index contributed by atoms with van der Waals surface area (Å²) in [5, 5.41) is 5.26. The number of hydrogen-bond acceptors (Lipinski definition) is 10. The number of halogens is 5. The molecule has 4 fully saturated rings. The molecular weight excluding hydrogens is 996 g/mol. The molecule has 4 aliphatic rings. The number of nitrogen functional groups attached to an aromatic ring is 1. The van der Waals surface area contributed by atoms with Gasteiger partial charge in [0.15, 0.2) is 5.65 Å². The quantitative estimate of drug-likeness (QED) is 0.142. The zero-order valence-corrected chi connectivity index (χ0v) is 42.2. The highest BCUT2D eigenvalue weighted by molar-refractivity contribution is 9.10. The maximum absolute atomic E-state index is 12.3. The van der Waals surface area contributed by atoms with E-state index in [2.05, 4.69) is 50.4 Å². The highest BCUT2D eigenvalue weighted by atomic mass is 79.9. The lowest BCUT2D eigenvalue weighted by molar-refractivity contribution is 0.0442. The lowest BCUT2D eigenvalue weighted by Crippen LogP contribution is -2.51. The van der Waals surface area contributed by atoms with Crippen molar-refractivity contribution in [1.29, 1.82) is 0 Å². The molecule has 2 atom stereocenters. The van der Waals surface area contributed by atoms with Crippen LogP contribution < -0.4 is 26.6 Å². The van der Waals surface area contributed by atoms with Crippen molar-refractivity contribution in [2.24, 2.45) is 16.6 Å². The van der Waals surface area contributed by atoms with E-state index < -0.39 is 5.60 Å². The summed E-state index contributed by atoms with van der Waals surface area (Å²) in [7, 11) is 0. The standard InChI is InChI=1S/C22H25Cl2N5.C20H28BrN5O2.C6H5Cl2N.CH4/c23-17-4-1-3-15(19(17)24)13-16-14-27-21(29-12-9-26-20(16)29)28-10-7-22(8-11-28)6-2-5-18(22)25;1-19(2,3)28-18(27)24-15-5-4-6-20(15)7-10-25(11-8-20)17-23-13-14(21)16-22-9-12-26(16)17;7-4-2-1-3-5(9)6(4)8;/h1,3-4,9,12,14,18H,2,5-8,10-11,13,25H2;9,12-13,15H,4-8,10-11H2,1-3H3,(H,24,27);1-3H,9H2;1H4/t18-;15-;;/m11../s1. The minimum Gasteiger partial charge on any atom is -0.444 e. The van der Waals surface area contributed by atoms with Crippen LogP contribution in [0.3, 0.4) is 0 Å². The number of fused-ring (bicyclic) bond motifs is 2. The van der Waals surface area contributed by atoms with E-state index in [9.17, 15) is 4.79 Å². The number of aromatic nitrogens is 6. The number of anilines is 3. The second-order valence-corrected chi connectivity index (χ2v) is 21.5. The van der Waals surface area contributed by atoms with Gasteiger partial charge < -0.3 is 31.3 Å². The third-order valence-electron chi connectivity index (χ3n) is 13.9. The van der Waals surface area contributed by atoms with Gasteiger partial charge in [-0.2, -0.15) is 0 Å². The summed E-state index contributed by atoms with van der Waals surface area (Å²) in [6.07, 6.45) is 23.1. The molecule has 67 heavy (non-hydrogen) atoms. The Morgan fingerprint density at radius 1 is 0.761 bits per heavy atom. The van der Waals surface area contributed by atoms with Crippen molar-refractivity contribution in [2.75, 3.05) is 41.7 Å². The Kier molecular flexibility index (Phi) is 16.2. The molecule has 2 spiro atoms. The molecule has 0 radical (unpaired) electrons. The Morgan fingerprint density at radius 2 is 1.31 bits per heavy atom. The molecular formula is C49H62BrCl4N11O2. The van der Waals surface area contributed by atoms with Crippen LogP contribution >= 0.6 is 62.3 Å². The Bertz CT molecular complexity index is 2630. The predicted octanol–water partition coefficient (Wildman–Crippen LogP) is 12.1. The molecule has 0 bridgehead atoms. The summed E-state index contributed by atoms with van der Waals surface area (Å²) in [4.78, 5) is 35.5. The van der Waals surface area contributed by atoms with Crippen LogP contribution in [0.25, 0.3) is 11.3 Å². The molecule has 0 unspecified atom stereocenters. The number of nitrogens with two attached hydrogens (primary N) is 2. The predicted molar refractivity (Wildman–Crippen MR) is 277 cm³/mol. The number of amides is 1. The van der Waals surface area contributed by atoms with Crippen molar-refractivity contribution in [1.82, 2.24) is 34.1 Å². The maximum atomic E-state index is 12.3. The molecule has 1 amide bonds. The summed E-state index contributed by atoms with van der Waals surface area (Å²) in [5.41, 5.74) is 16.2. The van der Waals surface area contributed by atoms with E-state index in [1.54, 1.807) is 30.5 Å². The number of carbonyl (C=O) groups excluding carboxylic acids is 1. The van der Waals surface area contributed by atoms with Crippen LogP contribution in [0, 0.1) is 10.8 Å². The molecule has 2 aliphatic carbocycles. The van der Waals surface area contributed by atoms with Crippen molar-refractivity contribution >= 4 is 97.3 Å². The molecule has 360 valence electrons. The fourth-order valence-electron chi connectivity index (χ4n) is 10.3. The molecule has 18 heteroatoms. The van der Waals surface area contributed by atoms with E-state index in [1.807, 2.05) is 68.3 Å². The number of rotatable bonds is 5. The van der Waals surface area contributed by atoms with Gasteiger partial charge in [0.1, 0.15) is 11.2 Å². The molecule has 6 heterocycles. The number of hydrogen-bond donors (Lipinski definition) is 3. The van der Waals surface area contributed by atoms with Crippen molar-refractivity contribution in [3.8, 4) is 0 Å². The molecule has 2 aliphatic heterocycles. The van der Waals surface area contributed by atoms with Crippen molar-refractivity contribution in [3.63, 3.8) is 0 Å². The maximum Gasteiger partial charge on any atom is 0.407 e. The van der Waals surface area contributed by atoms with Crippen LogP contribution in [-0.4, -0.2) is 78.7 Å². The van der Waals surface area contributed by atoms with Crippen LogP contribution in [0.1, 0.15) is 104 Å². The molecule has 13 nitrogen and oxygen atoms in total. The summed E-state index contributed by atoms with van der Waals surface area (Å²) < 4.78 is 10.5. The van der Waals surface area contributed by atoms with E-state index in [4.69, 9.17) is 67.6 Å². The first-order valence-electron chi connectivity index (χ1n) is 22.7. The number of nitrogens with one attached hydrogen (secondary N) is 1. The number of benzene rings is 2. The molecule has 6 aromatic rings. The minimum atomic E-state index is -0.470. The first-order chi connectivity index (χ1) is 31.6. The van der Waals surface area contributed by atoms with Gasteiger partial charge in [-0.25, -0.2) is 24.7 Å². The van der Waals surface area contributed by atoms with Crippen LogP contribution in [-0.2, 0) is 11.2 Å². The second kappa shape index (κ2) is 21.3. The van der Waals surface area contributed by atoms with E-state index in [0.29, 0.717) is 43.7 Å². The van der Waals surface area contributed by atoms with Gasteiger partial charge >= 0.3 is 6.09 Å². The first kappa shape index (κ1) is 50.8. The van der Waals surface area contributed by atoms with Gasteiger partial charge in [-0.3, -0.25) is 8.80 Å². The van der Waals surface area contributed by atoms with Gasteiger partial charge in [-0.1, -0.05) is 84.9 Å². The lowest BCUT2D eigenvalue weighted by atomic mass is 9.74. The SMILES string of the molecule is C.CC(C)(C)OC(=O)N[C@@H]1CCCC12CCN(c1ncc(Br)c3nccn13)CC2.N[C@@H]1CCCC12CCN(c1ncc(Cc3cccc(Cl)c3Cl)c3nccn13)CC2.Nc1cccc(Cl)c1Cl. The van der Waals surface area contributed by atoms with Crippen LogP contribution in [0.2, 0.25) is 20.1 Å². The van der Waals surface area contributed by atoms with Crippen molar-refractivity contribution in [3.05, 3.63) is 109 Å². The number of alkyl carbamates (subject to hydrolysis) is 1. The van der Waals surface area contributed by atoms with E-state index in [1.165, 1.54) is 19.3 Å². The molecule has 5 N–H and O–H groups in total. The summed E-state index contributed by atoms with van der Waals surface area (Å²) in [6, 6.07) is 11.4. The Labute approximate surface area is 422 Å². The molecule has 2 aromatic carbocycles. The fourth-order valence-corrected chi connectivity index (χ4v) is 11.4. The highest BCUT2D eigenvalue weighted by Gasteiger charge is 2.46. The molecule has 2 saturated carbocycles. The number of carbonyl (C=O) groups is 1. The monoisotopic (exact) mass is 1060 g/mol. The third kappa shape index (κ3) is 11.2. The van der Waals surface area contributed by atoms with Gasteiger partial charge in [-0.15, -0.1) is 0 Å². The highest BCUT2D eigenvalue weighted by Crippen LogP contribution is 2.48. The van der Waals surface area contributed by atoms with Gasteiger partial charge in [0.25, 0.3) is 0 Å². The van der Waals surface area contributed by atoms with Crippen LogP contribution in [0.5, 0.6) is 0 Å². The molecule has 10 rings (SSSR count). The van der Waals surface area contributed by atoms with Gasteiger partial charge in [0.2, 0.25) is 11.9 Å². The lowest BCUT2D eigenvalue weighted by Gasteiger charge is -2.43. The minimum absolute atomic E-state index is 0. The normalized spacial score (nSPS) is 19.7. The first-order valence-corrected chi connectivity index (χ1v) is 25.0. The Hall–Kier alpha value is -4.05. The largest absolute Gasteiger partial charge is 0.444 e. The zero-order chi connectivity index (χ0) is 46.8. The molecule has 4 aromatic heterocycles. The number of nitrogens with zero attached hydrogens (tertiary/aromatic N) is 8. The Morgan fingerprint density at radius 3 is 1.91 bits per heavy atom. The van der Waals surface area contributed by atoms with Crippen molar-refractivity contribution in [2.45, 2.75) is 117 Å². The van der Waals surface area contributed by atoms with E-state index in [-0.39, 0.29) is 25.0 Å². The summed E-state index contributed by atoms with van der Waals surface area (Å²) in [6.45, 7) is 9.54. The smallest absolute Gasteiger partial charge is 0.407 e. The number of piperidine rings is 2. The average molecular weight is 1060 g/mol. The summed E-state index contributed by atoms with van der Waals surface area (Å²) >= 11 is 27.3. The second-order valence-electron chi connectivity index (χ2n) is 19.1. The van der Waals surface area contributed by atoms with Crippen LogP contribution in [0.4, 0.5) is 22.4 Å². The molecule has 2 saturated heterocycles. The number of ether oxygens (including phenoxy) is 1. The van der Waals surface area contributed by atoms with Crippen molar-refractivity contribution < 1.29 is 9.53 Å². The van der Waals surface area contributed by atoms with E-state index >= 15 is 0 Å². The fraction of sp³-hybridized carbons (Fsp3) is 0.490. The zero-order valence-electron chi connectivity index (χ0n) is 37.6. The average Bonchev–Trinajstić information content (AvgIpc) is 4.12. The topological polar surface area (TPSA) is 157 Å². The van der Waals surface area contributed by atoms with Crippen LogP contribution in [0.15, 0.2) is 78.1 Å². The Balaban J connectivity index is 0.000000166. The van der Waals surface area contributed by atoms with Gasteiger partial charge in [-0.05, 0) is 123 Å². The van der Waals surface area contributed by atoms with Gasteiger partial charge in [0.05, 0.1) is 30.3 Å². The van der Waals surface area contributed by atoms with Gasteiger partial charge in [0, 0.05) is 87.4 Å². The number of imidazole rings is 2. The summed E-state index contributed by atoms with van der Waals surface area (Å²) in [5.74, 6) is 1.89. The van der Waals surface area contributed by atoms with E-state index in [0.717, 1.165) is 110 Å².